The first kappa shape index (κ1) is 15.1. The van der Waals surface area contributed by atoms with Gasteiger partial charge in [0.25, 0.3) is 0 Å². The fourth-order valence-electron chi connectivity index (χ4n) is 4.31. The Bertz CT molecular complexity index is 789. The zero-order chi connectivity index (χ0) is 16.8. The van der Waals surface area contributed by atoms with Crippen LogP contribution in [-0.4, -0.2) is 34.8 Å². The van der Waals surface area contributed by atoms with Crippen molar-refractivity contribution in [3.63, 3.8) is 0 Å². The van der Waals surface area contributed by atoms with E-state index in [0.717, 1.165) is 37.0 Å². The highest BCUT2D eigenvalue weighted by Crippen LogP contribution is 2.51. The predicted octanol–water partition coefficient (Wildman–Crippen LogP) is 3.20. The second kappa shape index (κ2) is 5.99. The Morgan fingerprint density at radius 1 is 1.12 bits per heavy atom. The van der Waals surface area contributed by atoms with E-state index >= 15 is 0 Å². The summed E-state index contributed by atoms with van der Waals surface area (Å²) in [4.78, 5) is 12.1. The van der Waals surface area contributed by atoms with Crippen molar-refractivity contribution in [2.24, 2.45) is 0 Å². The van der Waals surface area contributed by atoms with Crippen molar-refractivity contribution in [1.29, 1.82) is 0 Å². The molecule has 2 aromatic rings. The smallest absolute Gasteiger partial charge is 0.136 e. The monoisotopic (exact) mass is 336 g/mol. The molecule has 0 amide bonds. The number of nitrogens with one attached hydrogen (secondary N) is 1. The Morgan fingerprint density at radius 3 is 2.76 bits per heavy atom. The van der Waals surface area contributed by atoms with Crippen LogP contribution in [0.5, 0.6) is 0 Å². The molecule has 1 saturated heterocycles. The third kappa shape index (κ3) is 2.67. The summed E-state index contributed by atoms with van der Waals surface area (Å²) in [6.07, 6.45) is 4.35. The molecule has 2 bridgehead atoms. The molecule has 2 heterocycles. The predicted molar refractivity (Wildman–Crippen MR) is 98.1 cm³/mol. The Labute approximate surface area is 148 Å². The lowest BCUT2D eigenvalue weighted by molar-refractivity contribution is 0.292. The van der Waals surface area contributed by atoms with Crippen LogP contribution in [0.2, 0.25) is 0 Å². The fraction of sp³-hybridized carbons (Fsp3) is 0.500. The maximum absolute atomic E-state index is 9.01. The number of anilines is 2. The highest BCUT2D eigenvalue weighted by molar-refractivity contribution is 5.57. The zero-order valence-electron chi connectivity index (χ0n) is 14.4. The number of nitrogens with zero attached hydrogens (tertiary/aromatic N) is 3. The van der Waals surface area contributed by atoms with E-state index in [-0.39, 0.29) is 6.61 Å². The van der Waals surface area contributed by atoms with Crippen LogP contribution in [0, 0.1) is 0 Å². The van der Waals surface area contributed by atoms with Gasteiger partial charge in [0.2, 0.25) is 0 Å². The summed E-state index contributed by atoms with van der Waals surface area (Å²) >= 11 is 0. The number of fused-ring (bicyclic) bond motifs is 5. The van der Waals surface area contributed by atoms with E-state index in [4.69, 9.17) is 15.1 Å². The van der Waals surface area contributed by atoms with Crippen LogP contribution in [0.1, 0.15) is 60.5 Å². The highest BCUT2D eigenvalue weighted by atomic mass is 16.3. The average molecular weight is 336 g/mol. The molecular weight excluding hydrogens is 312 g/mol. The second-order valence-corrected chi connectivity index (χ2v) is 7.48. The van der Waals surface area contributed by atoms with Gasteiger partial charge in [-0.15, -0.1) is 0 Å². The van der Waals surface area contributed by atoms with Crippen molar-refractivity contribution in [2.75, 3.05) is 29.9 Å². The minimum absolute atomic E-state index is 0.201. The molecule has 2 N–H and O–H groups in total. The van der Waals surface area contributed by atoms with Crippen molar-refractivity contribution in [3.8, 4) is 0 Å². The largest absolute Gasteiger partial charge is 0.396 e. The summed E-state index contributed by atoms with van der Waals surface area (Å²) in [5, 5.41) is 12.4. The van der Waals surface area contributed by atoms with Crippen molar-refractivity contribution in [1.82, 2.24) is 9.97 Å². The van der Waals surface area contributed by atoms with Gasteiger partial charge in [-0.1, -0.05) is 24.3 Å². The van der Waals surface area contributed by atoms with Gasteiger partial charge in [-0.05, 0) is 36.8 Å². The second-order valence-electron chi connectivity index (χ2n) is 7.48. The van der Waals surface area contributed by atoms with Crippen molar-refractivity contribution in [2.45, 2.75) is 43.6 Å². The summed E-state index contributed by atoms with van der Waals surface area (Å²) in [5.74, 6) is 4.11. The van der Waals surface area contributed by atoms with Gasteiger partial charge >= 0.3 is 0 Å². The normalized spacial score (nSPS) is 23.8. The Hall–Kier alpha value is -2.14. The van der Waals surface area contributed by atoms with Crippen LogP contribution in [-0.2, 0) is 0 Å². The van der Waals surface area contributed by atoms with E-state index in [2.05, 4.69) is 40.5 Å². The third-order valence-electron chi connectivity index (χ3n) is 5.70. The molecule has 1 aromatic carbocycles. The number of aromatic nitrogens is 2. The van der Waals surface area contributed by atoms with Crippen LogP contribution in [0.4, 0.5) is 11.6 Å². The molecule has 130 valence electrons. The van der Waals surface area contributed by atoms with E-state index in [1.54, 1.807) is 0 Å². The standard InChI is InChI=1S/C20H24N4O/c25-9-3-8-21-18-11-19(23-20(22-18)13-6-7-13)24-12-14-10-17(24)16-5-2-1-4-15(14)16/h1-2,4-5,11,13-14,17,25H,3,6-10,12H2,(H,21,22,23)/t14-,17+/m1/s1. The average Bonchev–Trinajstić information content (AvgIpc) is 3.32. The number of hydrogen-bond acceptors (Lipinski definition) is 5. The van der Waals surface area contributed by atoms with Crippen LogP contribution in [0.25, 0.3) is 0 Å². The van der Waals surface area contributed by atoms with Gasteiger partial charge in [0, 0.05) is 37.6 Å². The van der Waals surface area contributed by atoms with E-state index in [1.165, 1.54) is 30.4 Å². The molecule has 5 rings (SSSR count). The molecule has 0 radical (unpaired) electrons. The van der Waals surface area contributed by atoms with Crippen LogP contribution in [0.3, 0.4) is 0 Å². The molecule has 0 unspecified atom stereocenters. The van der Waals surface area contributed by atoms with Crippen LogP contribution >= 0.6 is 0 Å². The minimum Gasteiger partial charge on any atom is -0.396 e. The van der Waals surface area contributed by atoms with E-state index in [9.17, 15) is 0 Å². The molecule has 25 heavy (non-hydrogen) atoms. The van der Waals surface area contributed by atoms with Gasteiger partial charge in [0.05, 0.1) is 6.04 Å². The van der Waals surface area contributed by atoms with Gasteiger partial charge < -0.3 is 15.3 Å². The zero-order valence-corrected chi connectivity index (χ0v) is 14.4. The molecule has 5 nitrogen and oxygen atoms in total. The lowest BCUT2D eigenvalue weighted by atomic mass is 9.99. The van der Waals surface area contributed by atoms with Crippen molar-refractivity contribution in [3.05, 3.63) is 47.3 Å². The minimum atomic E-state index is 0.201. The summed E-state index contributed by atoms with van der Waals surface area (Å²) in [6.45, 7) is 2.00. The van der Waals surface area contributed by atoms with Gasteiger partial charge in [-0.2, -0.15) is 0 Å². The number of aliphatic hydroxyl groups is 1. The molecule has 3 aliphatic rings. The third-order valence-corrected chi connectivity index (χ3v) is 5.70. The molecule has 2 fully saturated rings. The lowest BCUT2D eigenvalue weighted by Crippen LogP contribution is -2.28. The molecule has 2 atom stereocenters. The summed E-state index contributed by atoms with van der Waals surface area (Å²) in [5.41, 5.74) is 3.00. The lowest BCUT2D eigenvalue weighted by Gasteiger charge is -2.30. The molecule has 0 spiro atoms. The molecule has 1 aliphatic heterocycles. The van der Waals surface area contributed by atoms with E-state index in [0.29, 0.717) is 17.9 Å². The Kier molecular flexibility index (Phi) is 3.63. The molecule has 1 saturated carbocycles. The SMILES string of the molecule is OCCCNc1cc(N2C[C@H]3C[C@H]2c2ccccc23)nc(C2CC2)n1. The summed E-state index contributed by atoms with van der Waals surface area (Å²) in [7, 11) is 0. The quantitative estimate of drug-likeness (QED) is 0.793. The first-order valence-corrected chi connectivity index (χ1v) is 9.42. The fourth-order valence-corrected chi connectivity index (χ4v) is 4.31. The van der Waals surface area contributed by atoms with E-state index in [1.807, 2.05) is 0 Å². The van der Waals surface area contributed by atoms with Crippen molar-refractivity contribution < 1.29 is 5.11 Å². The maximum Gasteiger partial charge on any atom is 0.136 e. The summed E-state index contributed by atoms with van der Waals surface area (Å²) < 4.78 is 0. The molecule has 1 aromatic heterocycles. The Balaban J connectivity index is 1.46. The maximum atomic E-state index is 9.01. The molecule has 5 heteroatoms. The number of rotatable bonds is 6. The highest BCUT2D eigenvalue weighted by Gasteiger charge is 2.43. The first-order valence-electron chi connectivity index (χ1n) is 9.42. The van der Waals surface area contributed by atoms with Gasteiger partial charge in [0.15, 0.2) is 0 Å². The first-order chi connectivity index (χ1) is 12.3. The van der Waals surface area contributed by atoms with Gasteiger partial charge in [-0.25, -0.2) is 9.97 Å². The molecule has 2 aliphatic carbocycles. The topological polar surface area (TPSA) is 61.3 Å². The molecular formula is C20H24N4O. The Morgan fingerprint density at radius 2 is 1.96 bits per heavy atom. The van der Waals surface area contributed by atoms with E-state index < -0.39 is 0 Å². The van der Waals surface area contributed by atoms with Crippen LogP contribution < -0.4 is 10.2 Å². The number of hydrogen-bond donors (Lipinski definition) is 2. The number of aliphatic hydroxyl groups excluding tert-OH is 1. The van der Waals surface area contributed by atoms with Crippen LogP contribution in [0.15, 0.2) is 30.3 Å². The van der Waals surface area contributed by atoms with Crippen molar-refractivity contribution >= 4 is 11.6 Å². The van der Waals surface area contributed by atoms with Gasteiger partial charge in [-0.3, -0.25) is 0 Å². The summed E-state index contributed by atoms with van der Waals surface area (Å²) in [6, 6.07) is 11.4. The number of benzene rings is 1. The van der Waals surface area contributed by atoms with Gasteiger partial charge in [0.1, 0.15) is 17.5 Å².